The lowest BCUT2D eigenvalue weighted by molar-refractivity contribution is -0.137. The Labute approximate surface area is 165 Å². The van der Waals surface area contributed by atoms with Crippen LogP contribution in [0.5, 0.6) is 0 Å². The molecule has 2 aromatic carbocycles. The Morgan fingerprint density at radius 3 is 2.31 bits per heavy atom. The summed E-state index contributed by atoms with van der Waals surface area (Å²) in [6, 6.07) is 9.39. The molecule has 0 aromatic heterocycles. The smallest absolute Gasteiger partial charge is 0.391 e. The van der Waals surface area contributed by atoms with Crippen molar-refractivity contribution in [2.75, 3.05) is 13.1 Å². The molecule has 0 bridgehead atoms. The number of nitrogens with zero attached hydrogens (tertiary/aromatic N) is 2. The standard InChI is InChI=1S/C19H18F4N2O3S/c20-16-4-6-18(7-5-16)29(26,27)25-10-8-17(9-11-25)24-28-13-14-2-1-3-15(12-14)19(21,22)23/h1-7,12H,8-11,13H2. The van der Waals surface area contributed by atoms with Crippen LogP contribution in [0.15, 0.2) is 58.6 Å². The highest BCUT2D eigenvalue weighted by atomic mass is 32.2. The first-order valence-electron chi connectivity index (χ1n) is 8.76. The molecule has 1 saturated heterocycles. The van der Waals surface area contributed by atoms with Crippen molar-refractivity contribution < 1.29 is 30.8 Å². The van der Waals surface area contributed by atoms with Gasteiger partial charge in [0.25, 0.3) is 0 Å². The Bertz CT molecular complexity index is 979. The lowest BCUT2D eigenvalue weighted by atomic mass is 10.1. The topological polar surface area (TPSA) is 59.0 Å². The fourth-order valence-corrected chi connectivity index (χ4v) is 4.31. The van der Waals surface area contributed by atoms with Gasteiger partial charge in [0.15, 0.2) is 0 Å². The van der Waals surface area contributed by atoms with E-state index < -0.39 is 27.6 Å². The first kappa shape index (κ1) is 21.3. The van der Waals surface area contributed by atoms with Crippen molar-refractivity contribution in [1.29, 1.82) is 0 Å². The first-order chi connectivity index (χ1) is 13.7. The quantitative estimate of drug-likeness (QED) is 0.528. The molecular formula is C19H18F4N2O3S. The van der Waals surface area contributed by atoms with E-state index in [9.17, 15) is 26.0 Å². The molecule has 0 unspecified atom stereocenters. The third kappa shape index (κ3) is 5.33. The number of hydrogen-bond donors (Lipinski definition) is 0. The third-order valence-corrected chi connectivity index (χ3v) is 6.34. The summed E-state index contributed by atoms with van der Waals surface area (Å²) in [7, 11) is -3.72. The van der Waals surface area contributed by atoms with Gasteiger partial charge in [-0.15, -0.1) is 0 Å². The molecule has 10 heteroatoms. The van der Waals surface area contributed by atoms with Gasteiger partial charge in [0.05, 0.1) is 16.2 Å². The van der Waals surface area contributed by atoms with Crippen molar-refractivity contribution in [3.8, 4) is 0 Å². The first-order valence-corrected chi connectivity index (χ1v) is 10.2. The highest BCUT2D eigenvalue weighted by molar-refractivity contribution is 7.89. The molecule has 0 amide bonds. The van der Waals surface area contributed by atoms with Crippen LogP contribution in [0.1, 0.15) is 24.0 Å². The predicted octanol–water partition coefficient (Wildman–Crippen LogP) is 4.20. The van der Waals surface area contributed by atoms with Gasteiger partial charge in [-0.3, -0.25) is 0 Å². The Morgan fingerprint density at radius 2 is 1.69 bits per heavy atom. The minimum atomic E-state index is -4.43. The lowest BCUT2D eigenvalue weighted by Crippen LogP contribution is -2.38. The van der Waals surface area contributed by atoms with E-state index in [0.717, 1.165) is 24.3 Å². The zero-order chi connectivity index (χ0) is 21.1. The van der Waals surface area contributed by atoms with E-state index in [-0.39, 0.29) is 24.6 Å². The molecule has 0 saturated carbocycles. The maximum absolute atomic E-state index is 13.0. The van der Waals surface area contributed by atoms with Crippen molar-refractivity contribution in [3.63, 3.8) is 0 Å². The van der Waals surface area contributed by atoms with Crippen LogP contribution in [0.25, 0.3) is 0 Å². The lowest BCUT2D eigenvalue weighted by Gasteiger charge is -2.26. The van der Waals surface area contributed by atoms with Crippen LogP contribution in [0.2, 0.25) is 0 Å². The zero-order valence-corrected chi connectivity index (χ0v) is 16.0. The number of halogens is 4. The molecule has 0 N–H and O–H groups in total. The summed E-state index contributed by atoms with van der Waals surface area (Å²) >= 11 is 0. The molecule has 3 rings (SSSR count). The minimum absolute atomic E-state index is 0.0140. The summed E-state index contributed by atoms with van der Waals surface area (Å²) in [6.07, 6.45) is -3.75. The SMILES string of the molecule is O=S(=O)(c1ccc(F)cc1)N1CCC(=NOCc2cccc(C(F)(F)F)c2)CC1. The second kappa shape index (κ2) is 8.50. The van der Waals surface area contributed by atoms with Crippen molar-refractivity contribution in [2.45, 2.75) is 30.5 Å². The van der Waals surface area contributed by atoms with Crippen LogP contribution in [-0.2, 0) is 27.6 Å². The summed E-state index contributed by atoms with van der Waals surface area (Å²) in [5, 5.41) is 3.94. The second-order valence-electron chi connectivity index (χ2n) is 6.49. The molecular weight excluding hydrogens is 412 g/mol. The molecule has 0 atom stereocenters. The second-order valence-corrected chi connectivity index (χ2v) is 8.43. The summed E-state index contributed by atoms with van der Waals surface area (Å²) in [6.45, 7) is 0.252. The normalized spacial score (nSPS) is 15.9. The maximum Gasteiger partial charge on any atom is 0.416 e. The van der Waals surface area contributed by atoms with Crippen LogP contribution in [-0.4, -0.2) is 31.5 Å². The van der Waals surface area contributed by atoms with E-state index in [0.29, 0.717) is 24.1 Å². The number of benzene rings is 2. The highest BCUT2D eigenvalue weighted by Gasteiger charge is 2.30. The molecule has 2 aromatic rings. The van der Waals surface area contributed by atoms with E-state index in [1.165, 1.54) is 28.6 Å². The number of rotatable bonds is 5. The molecule has 5 nitrogen and oxygen atoms in total. The average molecular weight is 430 g/mol. The molecule has 0 spiro atoms. The molecule has 0 radical (unpaired) electrons. The summed E-state index contributed by atoms with van der Waals surface area (Å²) < 4.78 is 77.5. The van der Waals surface area contributed by atoms with Gasteiger partial charge in [0, 0.05) is 25.9 Å². The molecule has 0 aliphatic carbocycles. The third-order valence-electron chi connectivity index (χ3n) is 4.43. The molecule has 1 aliphatic rings. The van der Waals surface area contributed by atoms with Crippen LogP contribution in [0, 0.1) is 5.82 Å². The summed E-state index contributed by atoms with van der Waals surface area (Å²) in [4.78, 5) is 5.17. The Kier molecular flexibility index (Phi) is 6.23. The molecule has 29 heavy (non-hydrogen) atoms. The maximum atomic E-state index is 13.0. The fourth-order valence-electron chi connectivity index (χ4n) is 2.87. The van der Waals surface area contributed by atoms with Crippen molar-refractivity contribution in [1.82, 2.24) is 4.31 Å². The number of alkyl halides is 3. The molecule has 1 aliphatic heterocycles. The predicted molar refractivity (Wildman–Crippen MR) is 98.1 cm³/mol. The number of oxime groups is 1. The molecule has 1 heterocycles. The minimum Gasteiger partial charge on any atom is -0.391 e. The molecule has 1 fully saturated rings. The number of sulfonamides is 1. The van der Waals surface area contributed by atoms with Crippen molar-refractivity contribution in [2.24, 2.45) is 5.16 Å². The number of hydrogen-bond acceptors (Lipinski definition) is 4. The molecule has 156 valence electrons. The highest BCUT2D eigenvalue weighted by Crippen LogP contribution is 2.29. The summed E-state index contributed by atoms with van der Waals surface area (Å²) in [5.41, 5.74) is 0.202. The van der Waals surface area contributed by atoms with E-state index in [1.807, 2.05) is 0 Å². The monoisotopic (exact) mass is 430 g/mol. The zero-order valence-electron chi connectivity index (χ0n) is 15.2. The van der Waals surface area contributed by atoms with Gasteiger partial charge >= 0.3 is 6.18 Å². The summed E-state index contributed by atoms with van der Waals surface area (Å²) in [5.74, 6) is -0.519. The van der Waals surface area contributed by atoms with Crippen LogP contribution in [0.4, 0.5) is 17.6 Å². The Hall–Kier alpha value is -2.46. The Balaban J connectivity index is 1.55. The van der Waals surface area contributed by atoms with Crippen molar-refractivity contribution >= 4 is 15.7 Å². The van der Waals surface area contributed by atoms with Gasteiger partial charge in [-0.2, -0.15) is 17.5 Å². The largest absolute Gasteiger partial charge is 0.416 e. The Morgan fingerprint density at radius 1 is 1.03 bits per heavy atom. The van der Waals surface area contributed by atoms with E-state index in [1.54, 1.807) is 0 Å². The van der Waals surface area contributed by atoms with Crippen LogP contribution >= 0.6 is 0 Å². The van der Waals surface area contributed by atoms with E-state index in [4.69, 9.17) is 4.84 Å². The average Bonchev–Trinajstić information content (AvgIpc) is 2.68. The van der Waals surface area contributed by atoms with E-state index >= 15 is 0 Å². The van der Waals surface area contributed by atoms with Crippen LogP contribution in [0.3, 0.4) is 0 Å². The van der Waals surface area contributed by atoms with Crippen molar-refractivity contribution in [3.05, 3.63) is 65.5 Å². The fraction of sp³-hybridized carbons (Fsp3) is 0.316. The van der Waals surface area contributed by atoms with Crippen LogP contribution < -0.4 is 0 Å². The van der Waals surface area contributed by atoms with Gasteiger partial charge in [-0.25, -0.2) is 12.8 Å². The van der Waals surface area contributed by atoms with Gasteiger partial charge in [-0.05, 0) is 42.0 Å². The number of piperidine rings is 1. The van der Waals surface area contributed by atoms with Gasteiger partial charge < -0.3 is 4.84 Å². The van der Waals surface area contributed by atoms with Gasteiger partial charge in [-0.1, -0.05) is 17.3 Å². The van der Waals surface area contributed by atoms with Gasteiger partial charge in [0.2, 0.25) is 10.0 Å². The van der Waals surface area contributed by atoms with E-state index in [2.05, 4.69) is 5.16 Å². The van der Waals surface area contributed by atoms with Gasteiger partial charge in [0.1, 0.15) is 12.4 Å².